The van der Waals surface area contributed by atoms with E-state index in [0.717, 1.165) is 5.56 Å². The van der Waals surface area contributed by atoms with Crippen molar-refractivity contribution >= 4 is 5.78 Å². The van der Waals surface area contributed by atoms with Gasteiger partial charge in [0.25, 0.3) is 0 Å². The van der Waals surface area contributed by atoms with Crippen molar-refractivity contribution in [3.05, 3.63) is 35.4 Å². The van der Waals surface area contributed by atoms with Crippen LogP contribution >= 0.6 is 0 Å². The largest absolute Gasteiger partial charge is 0.380 e. The molecule has 0 N–H and O–H groups in total. The summed E-state index contributed by atoms with van der Waals surface area (Å²) >= 11 is 0. The summed E-state index contributed by atoms with van der Waals surface area (Å²) < 4.78 is 4.94. The summed E-state index contributed by atoms with van der Waals surface area (Å²) in [7, 11) is 1.63. The zero-order valence-corrected chi connectivity index (χ0v) is 7.26. The highest BCUT2D eigenvalue weighted by molar-refractivity contribution is 5.93. The maximum Gasteiger partial charge on any atom is 0.160 e. The van der Waals surface area contributed by atoms with Crippen molar-refractivity contribution < 1.29 is 9.53 Å². The molecule has 1 radical (unpaired) electrons. The lowest BCUT2D eigenvalue weighted by Gasteiger charge is -2.00. The molecular formula is C10H11O2. The number of ketones is 1. The summed E-state index contributed by atoms with van der Waals surface area (Å²) in [4.78, 5) is 10.9. The number of Topliss-reactive ketones (excluding diaryl/α,β-unsaturated/α-hetero) is 1. The van der Waals surface area contributed by atoms with Crippen LogP contribution in [0.15, 0.2) is 18.2 Å². The predicted octanol–water partition coefficient (Wildman–Crippen LogP) is 1.84. The summed E-state index contributed by atoms with van der Waals surface area (Å²) in [6, 6.07) is 8.29. The molecule has 0 amide bonds. The lowest BCUT2D eigenvalue weighted by atomic mass is 10.1. The Bertz CT molecular complexity index is 279. The van der Waals surface area contributed by atoms with E-state index in [1.807, 2.05) is 6.07 Å². The minimum Gasteiger partial charge on any atom is -0.380 e. The second-order valence-electron chi connectivity index (χ2n) is 2.60. The van der Waals surface area contributed by atoms with Gasteiger partial charge in [-0.15, -0.1) is 0 Å². The molecule has 63 valence electrons. The van der Waals surface area contributed by atoms with Gasteiger partial charge >= 0.3 is 0 Å². The van der Waals surface area contributed by atoms with E-state index in [-0.39, 0.29) is 5.78 Å². The molecule has 0 unspecified atom stereocenters. The summed E-state index contributed by atoms with van der Waals surface area (Å²) in [5.74, 6) is 0.0351. The van der Waals surface area contributed by atoms with Gasteiger partial charge in [-0.1, -0.05) is 12.1 Å². The predicted molar refractivity (Wildman–Crippen MR) is 46.0 cm³/mol. The Morgan fingerprint density at radius 1 is 1.67 bits per heavy atom. The molecule has 0 spiro atoms. The van der Waals surface area contributed by atoms with Crippen LogP contribution in [0.5, 0.6) is 0 Å². The van der Waals surface area contributed by atoms with Gasteiger partial charge in [0.1, 0.15) is 0 Å². The Balaban J connectivity index is 2.88. The normalized spacial score (nSPS) is 9.83. The van der Waals surface area contributed by atoms with Crippen LogP contribution in [-0.4, -0.2) is 12.9 Å². The number of methoxy groups -OCH3 is 1. The molecule has 0 atom stereocenters. The molecule has 0 aliphatic carbocycles. The maximum absolute atomic E-state index is 10.9. The lowest BCUT2D eigenvalue weighted by molar-refractivity contribution is 0.101. The van der Waals surface area contributed by atoms with Crippen LogP contribution in [0.4, 0.5) is 0 Å². The summed E-state index contributed by atoms with van der Waals surface area (Å²) in [6.07, 6.45) is 0. The van der Waals surface area contributed by atoms with E-state index >= 15 is 0 Å². The first kappa shape index (κ1) is 8.94. The minimum absolute atomic E-state index is 0.0351. The fourth-order valence-electron chi connectivity index (χ4n) is 0.973. The van der Waals surface area contributed by atoms with Gasteiger partial charge in [0, 0.05) is 12.7 Å². The van der Waals surface area contributed by atoms with Gasteiger partial charge in [-0.2, -0.15) is 0 Å². The monoisotopic (exact) mass is 163 g/mol. The van der Waals surface area contributed by atoms with E-state index in [9.17, 15) is 4.79 Å². The van der Waals surface area contributed by atoms with Gasteiger partial charge in [0.2, 0.25) is 0 Å². The van der Waals surface area contributed by atoms with E-state index in [4.69, 9.17) is 4.74 Å². The molecule has 0 aliphatic rings. The number of ether oxygens (including phenoxy) is 1. The third-order valence-electron chi connectivity index (χ3n) is 1.56. The van der Waals surface area contributed by atoms with Crippen LogP contribution in [0.25, 0.3) is 0 Å². The zero-order valence-electron chi connectivity index (χ0n) is 7.26. The first-order valence-corrected chi connectivity index (χ1v) is 3.74. The molecule has 2 heteroatoms. The zero-order chi connectivity index (χ0) is 8.97. The first-order valence-electron chi connectivity index (χ1n) is 3.74. The molecular weight excluding hydrogens is 152 g/mol. The molecule has 2 nitrogen and oxygen atoms in total. The smallest absolute Gasteiger partial charge is 0.160 e. The van der Waals surface area contributed by atoms with E-state index in [2.05, 4.69) is 6.07 Å². The number of benzene rings is 1. The number of hydrogen-bond acceptors (Lipinski definition) is 2. The van der Waals surface area contributed by atoms with Gasteiger partial charge in [-0.05, 0) is 24.6 Å². The Labute approximate surface area is 72.2 Å². The number of carbonyl (C=O) groups is 1. The molecule has 0 fully saturated rings. The van der Waals surface area contributed by atoms with E-state index in [0.29, 0.717) is 12.2 Å². The van der Waals surface area contributed by atoms with Crippen LogP contribution in [0, 0.1) is 6.07 Å². The highest BCUT2D eigenvalue weighted by atomic mass is 16.5. The fourth-order valence-corrected chi connectivity index (χ4v) is 0.973. The molecule has 0 saturated carbocycles. The number of carbonyl (C=O) groups excluding carboxylic acids is 1. The van der Waals surface area contributed by atoms with Gasteiger partial charge in [-0.3, -0.25) is 4.79 Å². The minimum atomic E-state index is 0.0351. The maximum atomic E-state index is 10.9. The van der Waals surface area contributed by atoms with Gasteiger partial charge in [-0.25, -0.2) is 0 Å². The van der Waals surface area contributed by atoms with Gasteiger partial charge in [0.05, 0.1) is 6.61 Å². The highest BCUT2D eigenvalue weighted by Crippen LogP contribution is 2.05. The number of rotatable bonds is 3. The topological polar surface area (TPSA) is 26.3 Å². The van der Waals surface area contributed by atoms with Crippen LogP contribution in [-0.2, 0) is 11.3 Å². The Hall–Kier alpha value is -1.15. The molecule has 1 aromatic carbocycles. The average Bonchev–Trinajstić information content (AvgIpc) is 2.05. The summed E-state index contributed by atoms with van der Waals surface area (Å²) in [5.41, 5.74) is 1.62. The molecule has 0 aliphatic heterocycles. The molecule has 1 rings (SSSR count). The first-order chi connectivity index (χ1) is 5.74. The Morgan fingerprint density at radius 2 is 2.42 bits per heavy atom. The molecule has 0 saturated heterocycles. The van der Waals surface area contributed by atoms with E-state index < -0.39 is 0 Å². The third-order valence-corrected chi connectivity index (χ3v) is 1.56. The fraction of sp³-hybridized carbons (Fsp3) is 0.300. The van der Waals surface area contributed by atoms with Crippen molar-refractivity contribution in [1.82, 2.24) is 0 Å². The quantitative estimate of drug-likeness (QED) is 0.635. The van der Waals surface area contributed by atoms with Gasteiger partial charge < -0.3 is 4.74 Å². The Kier molecular flexibility index (Phi) is 3.00. The second-order valence-corrected chi connectivity index (χ2v) is 2.60. The third kappa shape index (κ3) is 2.17. The molecule has 0 heterocycles. The SMILES string of the molecule is COCc1cc[c]c(C(C)=O)c1. The van der Waals surface area contributed by atoms with Crippen LogP contribution < -0.4 is 0 Å². The molecule has 0 bridgehead atoms. The van der Waals surface area contributed by atoms with Crippen molar-refractivity contribution in [2.45, 2.75) is 13.5 Å². The van der Waals surface area contributed by atoms with Gasteiger partial charge in [0.15, 0.2) is 5.78 Å². The van der Waals surface area contributed by atoms with Crippen molar-refractivity contribution in [1.29, 1.82) is 0 Å². The number of hydrogen-bond donors (Lipinski definition) is 0. The van der Waals surface area contributed by atoms with Crippen LogP contribution in [0.3, 0.4) is 0 Å². The van der Waals surface area contributed by atoms with Crippen molar-refractivity contribution in [3.8, 4) is 0 Å². The van der Waals surface area contributed by atoms with E-state index in [1.165, 1.54) is 6.92 Å². The lowest BCUT2D eigenvalue weighted by Crippen LogP contribution is -1.94. The summed E-state index contributed by atoms with van der Waals surface area (Å²) in [5, 5.41) is 0. The second kappa shape index (κ2) is 4.02. The molecule has 0 aromatic heterocycles. The van der Waals surface area contributed by atoms with E-state index in [1.54, 1.807) is 19.2 Å². The van der Waals surface area contributed by atoms with Crippen LogP contribution in [0.2, 0.25) is 0 Å². The van der Waals surface area contributed by atoms with Crippen molar-refractivity contribution in [3.63, 3.8) is 0 Å². The van der Waals surface area contributed by atoms with Crippen LogP contribution in [0.1, 0.15) is 22.8 Å². The highest BCUT2D eigenvalue weighted by Gasteiger charge is 1.99. The van der Waals surface area contributed by atoms with Crippen molar-refractivity contribution in [2.75, 3.05) is 7.11 Å². The summed E-state index contributed by atoms with van der Waals surface area (Å²) in [6.45, 7) is 2.07. The Morgan fingerprint density at radius 3 is 3.00 bits per heavy atom. The standard InChI is InChI=1S/C10H11O2/c1-8(11)10-5-3-4-9(6-10)7-12-2/h3-4,6H,7H2,1-2H3. The van der Waals surface area contributed by atoms with Crippen molar-refractivity contribution in [2.24, 2.45) is 0 Å². The average molecular weight is 163 g/mol. The molecule has 1 aromatic rings. The molecule has 12 heavy (non-hydrogen) atoms.